The van der Waals surface area contributed by atoms with Crippen LogP contribution in [0.4, 0.5) is 0 Å². The van der Waals surface area contributed by atoms with Crippen LogP contribution in [0.3, 0.4) is 0 Å². The lowest BCUT2D eigenvalue weighted by molar-refractivity contribution is 0.0334. The third-order valence-electron chi connectivity index (χ3n) is 3.30. The lowest BCUT2D eigenvalue weighted by atomic mass is 9.71. The van der Waals surface area contributed by atoms with E-state index in [9.17, 15) is 0 Å². The van der Waals surface area contributed by atoms with Gasteiger partial charge < -0.3 is 10.5 Å². The second-order valence-corrected chi connectivity index (χ2v) is 4.50. The molecule has 1 heterocycles. The molecule has 2 fully saturated rings. The Labute approximate surface area is 74.5 Å². The zero-order valence-electron chi connectivity index (χ0n) is 7.72. The van der Waals surface area contributed by atoms with Crippen LogP contribution < -0.4 is 5.73 Å². The molecule has 2 rings (SSSR count). The first-order valence-corrected chi connectivity index (χ1v) is 5.15. The van der Waals surface area contributed by atoms with Gasteiger partial charge >= 0.3 is 0 Å². The Balaban J connectivity index is 1.77. The highest BCUT2D eigenvalue weighted by atomic mass is 16.5. The second kappa shape index (κ2) is 3.35. The van der Waals surface area contributed by atoms with E-state index >= 15 is 0 Å². The number of rotatable bonds is 2. The van der Waals surface area contributed by atoms with E-state index in [1.165, 1.54) is 38.5 Å². The van der Waals surface area contributed by atoms with Gasteiger partial charge in [-0.1, -0.05) is 0 Å². The Hall–Kier alpha value is -0.0800. The third kappa shape index (κ3) is 1.80. The minimum absolute atomic E-state index is 0.200. The molecular weight excluding hydrogens is 150 g/mol. The van der Waals surface area contributed by atoms with Gasteiger partial charge in [-0.3, -0.25) is 0 Å². The summed E-state index contributed by atoms with van der Waals surface area (Å²) in [5.41, 5.74) is 6.38. The maximum atomic E-state index is 6.18. The van der Waals surface area contributed by atoms with Gasteiger partial charge in [-0.05, 0) is 44.4 Å². The van der Waals surface area contributed by atoms with Gasteiger partial charge in [0.2, 0.25) is 0 Å². The van der Waals surface area contributed by atoms with E-state index in [2.05, 4.69) is 0 Å². The lowest BCUT2D eigenvalue weighted by Crippen LogP contribution is -2.48. The molecule has 1 atom stereocenters. The first-order chi connectivity index (χ1) is 5.79. The summed E-state index contributed by atoms with van der Waals surface area (Å²) in [7, 11) is 0. The molecule has 12 heavy (non-hydrogen) atoms. The average molecular weight is 169 g/mol. The van der Waals surface area contributed by atoms with Crippen molar-refractivity contribution in [2.45, 2.75) is 44.1 Å². The summed E-state index contributed by atoms with van der Waals surface area (Å²) in [6.07, 6.45) is 7.59. The fraction of sp³-hybridized carbons (Fsp3) is 1.00. The fourth-order valence-corrected chi connectivity index (χ4v) is 2.38. The largest absolute Gasteiger partial charge is 0.381 e. The molecule has 2 aliphatic rings. The molecule has 2 N–H and O–H groups in total. The van der Waals surface area contributed by atoms with Crippen molar-refractivity contribution in [3.63, 3.8) is 0 Å². The fourth-order valence-electron chi connectivity index (χ4n) is 2.38. The van der Waals surface area contributed by atoms with Gasteiger partial charge in [-0.15, -0.1) is 0 Å². The molecule has 0 aromatic rings. The maximum absolute atomic E-state index is 6.18. The maximum Gasteiger partial charge on any atom is 0.0494 e. The second-order valence-electron chi connectivity index (χ2n) is 4.50. The molecule has 2 nitrogen and oxygen atoms in total. The van der Waals surface area contributed by atoms with E-state index in [0.717, 1.165) is 19.1 Å². The van der Waals surface area contributed by atoms with Crippen molar-refractivity contribution < 1.29 is 4.74 Å². The van der Waals surface area contributed by atoms with E-state index < -0.39 is 0 Å². The number of ether oxygens (including phenoxy) is 1. The van der Waals surface area contributed by atoms with Crippen molar-refractivity contribution in [1.29, 1.82) is 0 Å². The van der Waals surface area contributed by atoms with Crippen molar-refractivity contribution in [2.75, 3.05) is 13.2 Å². The molecule has 0 aromatic carbocycles. The van der Waals surface area contributed by atoms with Gasteiger partial charge in [0.15, 0.2) is 0 Å². The van der Waals surface area contributed by atoms with Crippen LogP contribution in [-0.4, -0.2) is 18.8 Å². The van der Waals surface area contributed by atoms with Crippen LogP contribution >= 0.6 is 0 Å². The summed E-state index contributed by atoms with van der Waals surface area (Å²) < 4.78 is 5.44. The molecule has 1 saturated heterocycles. The Morgan fingerprint density at radius 1 is 1.33 bits per heavy atom. The van der Waals surface area contributed by atoms with Crippen molar-refractivity contribution in [1.82, 2.24) is 0 Å². The average Bonchev–Trinajstić information content (AvgIpc) is 2.04. The molecule has 1 unspecified atom stereocenters. The van der Waals surface area contributed by atoms with Gasteiger partial charge in [0.05, 0.1) is 0 Å². The van der Waals surface area contributed by atoms with Crippen LogP contribution in [0.5, 0.6) is 0 Å². The van der Waals surface area contributed by atoms with Crippen molar-refractivity contribution in [3.8, 4) is 0 Å². The minimum Gasteiger partial charge on any atom is -0.381 e. The van der Waals surface area contributed by atoms with Crippen molar-refractivity contribution in [3.05, 3.63) is 0 Å². The van der Waals surface area contributed by atoms with Gasteiger partial charge in [0, 0.05) is 18.8 Å². The normalized spacial score (nSPS) is 34.2. The SMILES string of the molecule is NC1(CC2CCCOC2)CCC1. The highest BCUT2D eigenvalue weighted by Crippen LogP contribution is 2.36. The minimum atomic E-state index is 0.200. The Kier molecular flexibility index (Phi) is 2.37. The highest BCUT2D eigenvalue weighted by Gasteiger charge is 2.35. The van der Waals surface area contributed by atoms with Crippen molar-refractivity contribution >= 4 is 0 Å². The summed E-state index contributed by atoms with van der Waals surface area (Å²) >= 11 is 0. The molecule has 70 valence electrons. The molecule has 0 amide bonds. The predicted octanol–water partition coefficient (Wildman–Crippen LogP) is 1.68. The van der Waals surface area contributed by atoms with Gasteiger partial charge in [-0.25, -0.2) is 0 Å². The molecule has 0 aromatic heterocycles. The van der Waals surface area contributed by atoms with Gasteiger partial charge in [-0.2, -0.15) is 0 Å². The summed E-state index contributed by atoms with van der Waals surface area (Å²) in [5.74, 6) is 0.754. The Morgan fingerprint density at radius 2 is 2.17 bits per heavy atom. The zero-order chi connectivity index (χ0) is 8.44. The summed E-state index contributed by atoms with van der Waals surface area (Å²) in [5, 5.41) is 0. The lowest BCUT2D eigenvalue weighted by Gasteiger charge is -2.41. The van der Waals surface area contributed by atoms with E-state index in [0.29, 0.717) is 0 Å². The van der Waals surface area contributed by atoms with E-state index in [4.69, 9.17) is 10.5 Å². The molecule has 0 radical (unpaired) electrons. The molecular formula is C10H19NO. The van der Waals surface area contributed by atoms with E-state index in [-0.39, 0.29) is 5.54 Å². The van der Waals surface area contributed by atoms with Crippen LogP contribution in [0.25, 0.3) is 0 Å². The smallest absolute Gasteiger partial charge is 0.0494 e. The molecule has 1 aliphatic carbocycles. The highest BCUT2D eigenvalue weighted by molar-refractivity contribution is 4.94. The molecule has 1 saturated carbocycles. The Bertz CT molecular complexity index is 148. The van der Waals surface area contributed by atoms with Crippen LogP contribution in [0, 0.1) is 5.92 Å². The summed E-state index contributed by atoms with van der Waals surface area (Å²) in [6, 6.07) is 0. The molecule has 2 heteroatoms. The van der Waals surface area contributed by atoms with Crippen LogP contribution in [-0.2, 0) is 4.74 Å². The first kappa shape index (κ1) is 8.52. The first-order valence-electron chi connectivity index (χ1n) is 5.15. The number of hydrogen-bond acceptors (Lipinski definition) is 2. The third-order valence-corrected chi connectivity index (χ3v) is 3.30. The van der Waals surface area contributed by atoms with Gasteiger partial charge in [0.25, 0.3) is 0 Å². The standard InChI is InChI=1S/C10H19NO/c11-10(4-2-5-10)7-9-3-1-6-12-8-9/h9H,1-8,11H2. The molecule has 0 bridgehead atoms. The monoisotopic (exact) mass is 169 g/mol. The number of nitrogens with two attached hydrogens (primary N) is 1. The van der Waals surface area contributed by atoms with Crippen LogP contribution in [0.15, 0.2) is 0 Å². The van der Waals surface area contributed by atoms with Crippen molar-refractivity contribution in [2.24, 2.45) is 11.7 Å². The Morgan fingerprint density at radius 3 is 2.67 bits per heavy atom. The zero-order valence-corrected chi connectivity index (χ0v) is 7.72. The summed E-state index contributed by atoms with van der Waals surface area (Å²) in [6.45, 7) is 1.92. The molecule has 1 aliphatic heterocycles. The summed E-state index contributed by atoms with van der Waals surface area (Å²) in [4.78, 5) is 0. The van der Waals surface area contributed by atoms with E-state index in [1.54, 1.807) is 0 Å². The topological polar surface area (TPSA) is 35.2 Å². The predicted molar refractivity (Wildman–Crippen MR) is 48.9 cm³/mol. The quantitative estimate of drug-likeness (QED) is 0.682. The van der Waals surface area contributed by atoms with E-state index in [1.807, 2.05) is 0 Å². The van der Waals surface area contributed by atoms with Gasteiger partial charge in [0.1, 0.15) is 0 Å². The number of hydrogen-bond donors (Lipinski definition) is 1. The van der Waals surface area contributed by atoms with Crippen LogP contribution in [0.2, 0.25) is 0 Å². The van der Waals surface area contributed by atoms with Crippen LogP contribution in [0.1, 0.15) is 38.5 Å². The molecule has 0 spiro atoms.